The third-order valence-corrected chi connectivity index (χ3v) is 6.12. The normalized spacial score (nSPS) is 15.4. The van der Waals surface area contributed by atoms with Crippen molar-refractivity contribution in [2.24, 2.45) is 0 Å². The van der Waals surface area contributed by atoms with Crippen molar-refractivity contribution < 1.29 is 14.3 Å². The Bertz CT molecular complexity index is 1260. The highest BCUT2D eigenvalue weighted by molar-refractivity contribution is 5.95. The molecule has 1 atom stereocenters. The van der Waals surface area contributed by atoms with Crippen molar-refractivity contribution in [2.75, 3.05) is 20.3 Å². The lowest BCUT2D eigenvalue weighted by Gasteiger charge is -2.36. The third kappa shape index (κ3) is 3.50. The number of nitrogens with zero attached hydrogens (tertiary/aromatic N) is 1. The molecule has 1 N–H and O–H groups in total. The molecule has 0 aliphatic carbocycles. The molecule has 4 aromatic rings. The maximum atomic E-state index is 13.7. The maximum absolute atomic E-state index is 13.7. The molecular formula is C27H26N2O3. The number of para-hydroxylation sites is 1. The van der Waals surface area contributed by atoms with Gasteiger partial charge in [0.25, 0.3) is 5.91 Å². The molecule has 3 aromatic carbocycles. The van der Waals surface area contributed by atoms with Crippen LogP contribution in [0.1, 0.15) is 40.1 Å². The van der Waals surface area contributed by atoms with Crippen LogP contribution in [0.4, 0.5) is 0 Å². The molecule has 0 radical (unpaired) electrons. The van der Waals surface area contributed by atoms with Gasteiger partial charge in [-0.3, -0.25) is 4.79 Å². The molecule has 0 unspecified atom stereocenters. The Balaban J connectivity index is 1.62. The summed E-state index contributed by atoms with van der Waals surface area (Å²) in [6.45, 7) is 3.21. The Morgan fingerprint density at radius 2 is 1.84 bits per heavy atom. The van der Waals surface area contributed by atoms with Gasteiger partial charge in [-0.25, -0.2) is 0 Å². The van der Waals surface area contributed by atoms with E-state index < -0.39 is 0 Å². The van der Waals surface area contributed by atoms with Crippen LogP contribution in [-0.2, 0) is 6.42 Å². The Hall–Kier alpha value is -3.73. The number of hydrogen-bond acceptors (Lipinski definition) is 3. The molecule has 0 fully saturated rings. The summed E-state index contributed by atoms with van der Waals surface area (Å²) in [6, 6.07) is 23.5. The number of nitrogens with one attached hydrogen (secondary N) is 1. The van der Waals surface area contributed by atoms with Gasteiger partial charge < -0.3 is 19.4 Å². The first-order valence-corrected chi connectivity index (χ1v) is 11.0. The van der Waals surface area contributed by atoms with Crippen LogP contribution in [0, 0.1) is 0 Å². The smallest absolute Gasteiger partial charge is 0.254 e. The number of aromatic nitrogens is 1. The van der Waals surface area contributed by atoms with Gasteiger partial charge >= 0.3 is 0 Å². The van der Waals surface area contributed by atoms with Crippen LogP contribution in [0.3, 0.4) is 0 Å². The summed E-state index contributed by atoms with van der Waals surface area (Å²) in [5.74, 6) is 1.55. The molecule has 162 valence electrons. The first kappa shape index (κ1) is 20.2. The number of benzene rings is 3. The molecule has 32 heavy (non-hydrogen) atoms. The molecule has 5 nitrogen and oxygen atoms in total. The summed E-state index contributed by atoms with van der Waals surface area (Å²) in [7, 11) is 1.63. The number of rotatable bonds is 5. The van der Waals surface area contributed by atoms with Gasteiger partial charge in [0.1, 0.15) is 11.5 Å². The molecular weight excluding hydrogens is 400 g/mol. The van der Waals surface area contributed by atoms with Crippen molar-refractivity contribution in [1.29, 1.82) is 0 Å². The molecule has 0 spiro atoms. The van der Waals surface area contributed by atoms with E-state index in [1.807, 2.05) is 60.4 Å². The molecule has 2 heterocycles. The van der Waals surface area contributed by atoms with Gasteiger partial charge in [-0.05, 0) is 66.9 Å². The number of aromatic amines is 1. The predicted molar refractivity (Wildman–Crippen MR) is 125 cm³/mol. The molecule has 5 rings (SSSR count). The summed E-state index contributed by atoms with van der Waals surface area (Å²) in [5, 5.41) is 1.23. The van der Waals surface area contributed by atoms with Crippen LogP contribution in [0.5, 0.6) is 11.5 Å². The average molecular weight is 427 g/mol. The Kier molecular flexibility index (Phi) is 5.31. The number of hydrogen-bond donors (Lipinski definition) is 1. The quantitative estimate of drug-likeness (QED) is 0.467. The van der Waals surface area contributed by atoms with Crippen molar-refractivity contribution in [3.8, 4) is 11.5 Å². The van der Waals surface area contributed by atoms with Gasteiger partial charge in [-0.15, -0.1) is 0 Å². The SMILES string of the molecule is CCOc1cccc([C@H]2c3[nH]c4ccccc4c3CCN2C(=O)c2ccc(OC)cc2)c1. The van der Waals surface area contributed by atoms with E-state index in [4.69, 9.17) is 9.47 Å². The lowest BCUT2D eigenvalue weighted by atomic mass is 9.91. The number of fused-ring (bicyclic) bond motifs is 3. The van der Waals surface area contributed by atoms with Crippen molar-refractivity contribution >= 4 is 16.8 Å². The molecule has 0 saturated carbocycles. The molecule has 1 aliphatic rings. The highest BCUT2D eigenvalue weighted by Gasteiger charge is 2.35. The topological polar surface area (TPSA) is 54.6 Å². The highest BCUT2D eigenvalue weighted by Crippen LogP contribution is 2.40. The van der Waals surface area contributed by atoms with Crippen molar-refractivity contribution in [3.05, 3.63) is 95.2 Å². The average Bonchev–Trinajstić information content (AvgIpc) is 3.22. The van der Waals surface area contributed by atoms with E-state index in [1.165, 1.54) is 10.9 Å². The molecule has 0 bridgehead atoms. The lowest BCUT2D eigenvalue weighted by molar-refractivity contribution is 0.0691. The van der Waals surface area contributed by atoms with E-state index in [0.717, 1.165) is 34.7 Å². The van der Waals surface area contributed by atoms with E-state index in [1.54, 1.807) is 7.11 Å². The summed E-state index contributed by atoms with van der Waals surface area (Å²) < 4.78 is 11.0. The van der Waals surface area contributed by atoms with Crippen LogP contribution in [0.25, 0.3) is 10.9 Å². The van der Waals surface area contributed by atoms with Gasteiger partial charge in [0.05, 0.1) is 19.8 Å². The Morgan fingerprint density at radius 3 is 2.62 bits per heavy atom. The van der Waals surface area contributed by atoms with Gasteiger partial charge in [0.15, 0.2) is 0 Å². The lowest BCUT2D eigenvalue weighted by Crippen LogP contribution is -2.40. The Morgan fingerprint density at radius 1 is 1.03 bits per heavy atom. The minimum atomic E-state index is -0.221. The van der Waals surface area contributed by atoms with Gasteiger partial charge in [-0.1, -0.05) is 30.3 Å². The van der Waals surface area contributed by atoms with Gasteiger partial charge in [-0.2, -0.15) is 0 Å². The number of amides is 1. The summed E-state index contributed by atoms with van der Waals surface area (Å²) in [6.07, 6.45) is 0.808. The number of ether oxygens (including phenoxy) is 2. The summed E-state index contributed by atoms with van der Waals surface area (Å²) in [5.41, 5.74) is 5.14. The van der Waals surface area contributed by atoms with Crippen molar-refractivity contribution in [2.45, 2.75) is 19.4 Å². The van der Waals surface area contributed by atoms with Crippen LogP contribution in [-0.4, -0.2) is 36.1 Å². The third-order valence-electron chi connectivity index (χ3n) is 6.12. The monoisotopic (exact) mass is 426 g/mol. The predicted octanol–water partition coefficient (Wildman–Crippen LogP) is 5.36. The van der Waals surface area contributed by atoms with E-state index in [2.05, 4.69) is 29.2 Å². The first-order valence-electron chi connectivity index (χ1n) is 11.0. The number of carbonyl (C=O) groups is 1. The molecule has 5 heteroatoms. The zero-order valence-corrected chi connectivity index (χ0v) is 18.3. The van der Waals surface area contributed by atoms with Crippen LogP contribution in [0.2, 0.25) is 0 Å². The fourth-order valence-corrected chi connectivity index (χ4v) is 4.65. The fraction of sp³-hybridized carbons (Fsp3) is 0.222. The standard InChI is InChI=1S/C27H26N2O3/c1-3-32-21-8-6-7-19(17-21)26-25-23(22-9-4-5-10-24(22)28-25)15-16-29(26)27(30)18-11-13-20(31-2)14-12-18/h4-14,17,26,28H,3,15-16H2,1-2H3/t26-/m0/s1. The number of carbonyl (C=O) groups excluding carboxylic acids is 1. The summed E-state index contributed by atoms with van der Waals surface area (Å²) >= 11 is 0. The zero-order valence-electron chi connectivity index (χ0n) is 18.3. The molecule has 1 aromatic heterocycles. The number of H-pyrrole nitrogens is 1. The second-order valence-electron chi connectivity index (χ2n) is 7.95. The zero-order chi connectivity index (χ0) is 22.1. The minimum absolute atomic E-state index is 0.00349. The second kappa shape index (κ2) is 8.42. The van der Waals surface area contributed by atoms with Crippen LogP contribution in [0.15, 0.2) is 72.8 Å². The maximum Gasteiger partial charge on any atom is 0.254 e. The number of methoxy groups -OCH3 is 1. The van der Waals surface area contributed by atoms with Crippen molar-refractivity contribution in [1.82, 2.24) is 9.88 Å². The molecule has 1 amide bonds. The van der Waals surface area contributed by atoms with Crippen LogP contribution >= 0.6 is 0 Å². The molecule has 0 saturated heterocycles. The van der Waals surface area contributed by atoms with E-state index in [0.29, 0.717) is 18.7 Å². The fourth-order valence-electron chi connectivity index (χ4n) is 4.65. The van der Waals surface area contributed by atoms with Crippen LogP contribution < -0.4 is 9.47 Å². The van der Waals surface area contributed by atoms with E-state index >= 15 is 0 Å². The largest absolute Gasteiger partial charge is 0.497 e. The van der Waals surface area contributed by atoms with E-state index in [9.17, 15) is 4.79 Å². The van der Waals surface area contributed by atoms with Crippen molar-refractivity contribution in [3.63, 3.8) is 0 Å². The Labute approximate surface area is 187 Å². The summed E-state index contributed by atoms with van der Waals surface area (Å²) in [4.78, 5) is 19.2. The van der Waals surface area contributed by atoms with Gasteiger partial charge in [0, 0.05) is 28.7 Å². The van der Waals surface area contributed by atoms with Gasteiger partial charge in [0.2, 0.25) is 0 Å². The first-order chi connectivity index (χ1) is 15.7. The molecule has 1 aliphatic heterocycles. The van der Waals surface area contributed by atoms with E-state index in [-0.39, 0.29) is 11.9 Å². The second-order valence-corrected chi connectivity index (χ2v) is 7.95. The minimum Gasteiger partial charge on any atom is -0.497 e. The highest BCUT2D eigenvalue weighted by atomic mass is 16.5.